The van der Waals surface area contributed by atoms with E-state index in [0.717, 1.165) is 16.7 Å². The van der Waals surface area contributed by atoms with Crippen molar-refractivity contribution in [1.82, 2.24) is 14.6 Å². The maximum Gasteiger partial charge on any atom is 0.280 e. The quantitative estimate of drug-likeness (QED) is 0.602. The van der Waals surface area contributed by atoms with E-state index in [0.29, 0.717) is 28.4 Å². The van der Waals surface area contributed by atoms with E-state index < -0.39 is 0 Å². The monoisotopic (exact) mass is 361 g/mol. The van der Waals surface area contributed by atoms with Gasteiger partial charge in [0.05, 0.1) is 25.5 Å². The first-order valence-corrected chi connectivity index (χ1v) is 8.52. The minimum atomic E-state index is -0.129. The number of nitrogens with one attached hydrogen (secondary N) is 1. The molecule has 0 spiro atoms. The van der Waals surface area contributed by atoms with Gasteiger partial charge in [-0.15, -0.1) is 0 Å². The molecule has 6 nitrogen and oxygen atoms in total. The third-order valence-corrected chi connectivity index (χ3v) is 4.60. The number of ether oxygens (including phenoxy) is 2. The van der Waals surface area contributed by atoms with Crippen LogP contribution in [0.2, 0.25) is 0 Å². The summed E-state index contributed by atoms with van der Waals surface area (Å²) >= 11 is 0. The van der Waals surface area contributed by atoms with Crippen LogP contribution in [-0.2, 0) is 0 Å². The van der Waals surface area contributed by atoms with Gasteiger partial charge in [-0.05, 0) is 30.2 Å². The van der Waals surface area contributed by atoms with Crippen LogP contribution in [0.4, 0.5) is 0 Å². The van der Waals surface area contributed by atoms with Crippen LogP contribution >= 0.6 is 0 Å². The number of aromatic nitrogens is 3. The lowest BCUT2D eigenvalue weighted by Crippen LogP contribution is -2.19. The molecule has 6 heteroatoms. The first-order chi connectivity index (χ1) is 13.1. The van der Waals surface area contributed by atoms with E-state index in [-0.39, 0.29) is 5.56 Å². The standard InChI is InChI=1S/C21H19N3O3/c1-13-19(14-7-5-4-6-8-14)21(25)24-20(23-13)16(12-22-24)15-9-10-17(26-2)18(11-15)27-3/h4-12,22H,1-3H3. The zero-order valence-corrected chi connectivity index (χ0v) is 15.3. The van der Waals surface area contributed by atoms with E-state index in [1.807, 2.05) is 55.5 Å². The number of methoxy groups -OCH3 is 2. The molecule has 2 aromatic carbocycles. The van der Waals surface area contributed by atoms with Crippen molar-refractivity contribution < 1.29 is 9.47 Å². The second-order valence-electron chi connectivity index (χ2n) is 6.16. The van der Waals surface area contributed by atoms with Crippen LogP contribution in [-0.4, -0.2) is 28.8 Å². The summed E-state index contributed by atoms with van der Waals surface area (Å²) in [5.41, 5.74) is 4.27. The molecule has 0 amide bonds. The fraction of sp³-hybridized carbons (Fsp3) is 0.143. The molecule has 4 rings (SSSR count). The van der Waals surface area contributed by atoms with Crippen molar-refractivity contribution in [3.63, 3.8) is 0 Å². The summed E-state index contributed by atoms with van der Waals surface area (Å²) in [6.45, 7) is 1.86. The van der Waals surface area contributed by atoms with Gasteiger partial charge in [-0.3, -0.25) is 9.89 Å². The Bertz CT molecular complexity index is 1180. The zero-order valence-electron chi connectivity index (χ0n) is 15.3. The number of aryl methyl sites for hydroxylation is 1. The van der Waals surface area contributed by atoms with Crippen molar-refractivity contribution in [3.8, 4) is 33.8 Å². The molecule has 0 atom stereocenters. The SMILES string of the molecule is COc1ccc(-c2c[nH]n3c(=O)c(-c4ccccc4)c(C)nc23)cc1OC. The third-order valence-electron chi connectivity index (χ3n) is 4.60. The lowest BCUT2D eigenvalue weighted by atomic mass is 10.1. The zero-order chi connectivity index (χ0) is 19.0. The fourth-order valence-corrected chi connectivity index (χ4v) is 3.27. The highest BCUT2D eigenvalue weighted by Gasteiger charge is 2.17. The van der Waals surface area contributed by atoms with Gasteiger partial charge in [0, 0.05) is 11.8 Å². The predicted molar refractivity (Wildman–Crippen MR) is 105 cm³/mol. The number of hydrogen-bond acceptors (Lipinski definition) is 4. The van der Waals surface area contributed by atoms with E-state index in [1.165, 1.54) is 4.52 Å². The maximum atomic E-state index is 13.1. The Morgan fingerprint density at radius 3 is 2.41 bits per heavy atom. The summed E-state index contributed by atoms with van der Waals surface area (Å²) < 4.78 is 12.2. The van der Waals surface area contributed by atoms with Crippen LogP contribution in [0.3, 0.4) is 0 Å². The van der Waals surface area contributed by atoms with E-state index in [4.69, 9.17) is 14.5 Å². The van der Waals surface area contributed by atoms with Crippen LogP contribution in [0.5, 0.6) is 11.5 Å². The molecule has 0 bridgehead atoms. The Kier molecular flexibility index (Phi) is 4.16. The lowest BCUT2D eigenvalue weighted by molar-refractivity contribution is 0.355. The molecule has 0 radical (unpaired) electrons. The molecule has 2 heterocycles. The van der Waals surface area contributed by atoms with Gasteiger partial charge in [0.2, 0.25) is 0 Å². The van der Waals surface area contributed by atoms with Crippen LogP contribution in [0, 0.1) is 6.92 Å². The Labute approximate surface area is 156 Å². The molecule has 0 fully saturated rings. The summed E-state index contributed by atoms with van der Waals surface area (Å²) in [5.74, 6) is 1.27. The average Bonchev–Trinajstić information content (AvgIpc) is 3.12. The smallest absolute Gasteiger partial charge is 0.280 e. The number of aromatic amines is 1. The molecule has 4 aromatic rings. The van der Waals surface area contributed by atoms with Gasteiger partial charge >= 0.3 is 0 Å². The molecule has 0 aliphatic rings. The summed E-state index contributed by atoms with van der Waals surface area (Å²) in [7, 11) is 3.19. The maximum absolute atomic E-state index is 13.1. The summed E-state index contributed by atoms with van der Waals surface area (Å²) in [6.07, 6.45) is 1.78. The molecule has 0 saturated carbocycles. The van der Waals surface area contributed by atoms with Gasteiger partial charge in [-0.2, -0.15) is 0 Å². The predicted octanol–water partition coefficient (Wildman–Crippen LogP) is 3.68. The number of H-pyrrole nitrogens is 1. The first kappa shape index (κ1) is 16.9. The van der Waals surface area contributed by atoms with E-state index >= 15 is 0 Å². The molecule has 0 aliphatic heterocycles. The van der Waals surface area contributed by atoms with Gasteiger partial charge in [0.1, 0.15) is 0 Å². The Balaban J connectivity index is 1.92. The van der Waals surface area contributed by atoms with Crippen molar-refractivity contribution >= 4 is 5.65 Å². The van der Waals surface area contributed by atoms with Crippen molar-refractivity contribution in [2.24, 2.45) is 0 Å². The molecule has 136 valence electrons. The highest BCUT2D eigenvalue weighted by molar-refractivity contribution is 5.80. The number of benzene rings is 2. The molecule has 0 aliphatic carbocycles. The molecule has 2 aromatic heterocycles. The molecular formula is C21H19N3O3. The van der Waals surface area contributed by atoms with Crippen molar-refractivity contribution in [3.05, 3.63) is 70.8 Å². The first-order valence-electron chi connectivity index (χ1n) is 8.52. The Hall–Kier alpha value is -3.54. The largest absolute Gasteiger partial charge is 0.493 e. The second kappa shape index (κ2) is 6.64. The number of nitrogens with zero attached hydrogens (tertiary/aromatic N) is 2. The van der Waals surface area contributed by atoms with Gasteiger partial charge in [0.25, 0.3) is 5.56 Å². The second-order valence-corrected chi connectivity index (χ2v) is 6.16. The van der Waals surface area contributed by atoms with Gasteiger partial charge in [0.15, 0.2) is 17.1 Å². The molecule has 27 heavy (non-hydrogen) atoms. The van der Waals surface area contributed by atoms with Crippen LogP contribution in [0.1, 0.15) is 5.69 Å². The minimum absolute atomic E-state index is 0.129. The Morgan fingerprint density at radius 2 is 1.70 bits per heavy atom. The van der Waals surface area contributed by atoms with Crippen LogP contribution < -0.4 is 15.0 Å². The average molecular weight is 361 g/mol. The summed E-state index contributed by atoms with van der Waals surface area (Å²) in [4.78, 5) is 17.8. The van der Waals surface area contributed by atoms with Crippen LogP contribution in [0.15, 0.2) is 59.5 Å². The molecular weight excluding hydrogens is 342 g/mol. The number of fused-ring (bicyclic) bond motifs is 1. The molecule has 0 saturated heterocycles. The van der Waals surface area contributed by atoms with Crippen LogP contribution in [0.25, 0.3) is 27.9 Å². The van der Waals surface area contributed by atoms with E-state index in [9.17, 15) is 4.79 Å². The fourth-order valence-electron chi connectivity index (χ4n) is 3.27. The summed E-state index contributed by atoms with van der Waals surface area (Å²) in [6, 6.07) is 15.2. The highest BCUT2D eigenvalue weighted by atomic mass is 16.5. The molecule has 1 N–H and O–H groups in total. The summed E-state index contributed by atoms with van der Waals surface area (Å²) in [5, 5.41) is 3.03. The van der Waals surface area contributed by atoms with E-state index in [1.54, 1.807) is 20.4 Å². The van der Waals surface area contributed by atoms with Crippen molar-refractivity contribution in [1.29, 1.82) is 0 Å². The lowest BCUT2D eigenvalue weighted by Gasteiger charge is -2.09. The minimum Gasteiger partial charge on any atom is -0.493 e. The number of hydrogen-bond donors (Lipinski definition) is 1. The number of rotatable bonds is 4. The van der Waals surface area contributed by atoms with E-state index in [2.05, 4.69) is 5.10 Å². The normalized spacial score (nSPS) is 10.9. The molecule has 0 unspecified atom stereocenters. The Morgan fingerprint density at radius 1 is 0.963 bits per heavy atom. The third kappa shape index (κ3) is 2.75. The topological polar surface area (TPSA) is 68.6 Å². The van der Waals surface area contributed by atoms with Crippen molar-refractivity contribution in [2.75, 3.05) is 14.2 Å². The van der Waals surface area contributed by atoms with Gasteiger partial charge < -0.3 is 9.47 Å². The van der Waals surface area contributed by atoms with Gasteiger partial charge in [-0.1, -0.05) is 36.4 Å². The van der Waals surface area contributed by atoms with Crippen molar-refractivity contribution in [2.45, 2.75) is 6.92 Å². The highest BCUT2D eigenvalue weighted by Crippen LogP contribution is 2.33. The van der Waals surface area contributed by atoms with Gasteiger partial charge in [-0.25, -0.2) is 9.50 Å².